The monoisotopic (exact) mass is 239 g/mol. The summed E-state index contributed by atoms with van der Waals surface area (Å²) < 4.78 is 19.0. The van der Waals surface area contributed by atoms with Crippen LogP contribution in [0, 0.1) is 0 Å². The van der Waals surface area contributed by atoms with Gasteiger partial charge in [0.2, 0.25) is 0 Å². The van der Waals surface area contributed by atoms with E-state index in [-0.39, 0.29) is 18.0 Å². The van der Waals surface area contributed by atoms with E-state index in [1.807, 2.05) is 13.0 Å². The van der Waals surface area contributed by atoms with Crippen LogP contribution in [0.4, 0.5) is 8.63 Å². The first-order valence-corrected chi connectivity index (χ1v) is 5.27. The Morgan fingerprint density at radius 3 is 2.18 bits per heavy atom. The molecule has 0 saturated carbocycles. The smallest absolute Gasteiger partial charge is 0.299 e. The third kappa shape index (κ3) is 7.39. The first-order chi connectivity index (χ1) is 8.15. The molecule has 0 N–H and O–H groups in total. The molecule has 0 saturated heterocycles. The van der Waals surface area contributed by atoms with Crippen LogP contribution in [0.5, 0.6) is 0 Å². The van der Waals surface area contributed by atoms with Gasteiger partial charge in [0.25, 0.3) is 0 Å². The number of carbonyl (C=O) groups excluding carboxylic acids is 2. The number of rotatable bonds is 5. The highest BCUT2D eigenvalue weighted by Crippen LogP contribution is 2.05. The molecule has 17 heavy (non-hydrogen) atoms. The van der Waals surface area contributed by atoms with Crippen LogP contribution in [-0.2, 0) is 4.79 Å². The topological polar surface area (TPSA) is 34.1 Å². The van der Waals surface area contributed by atoms with Crippen molar-refractivity contribution in [1.29, 1.82) is 0 Å². The highest BCUT2D eigenvalue weighted by molar-refractivity contribution is 6.15. The van der Waals surface area contributed by atoms with Crippen LogP contribution in [0.15, 0.2) is 30.3 Å². The van der Waals surface area contributed by atoms with Crippen molar-refractivity contribution < 1.29 is 18.2 Å². The van der Waals surface area contributed by atoms with E-state index in [1.54, 1.807) is 24.3 Å². The second kappa shape index (κ2) is 9.69. The van der Waals surface area contributed by atoms with Gasteiger partial charge < -0.3 is 0 Å². The van der Waals surface area contributed by atoms with E-state index < -0.39 is 7.83 Å². The summed E-state index contributed by atoms with van der Waals surface area (Å²) in [6, 6.07) is 8.93. The quantitative estimate of drug-likeness (QED) is 0.449. The molecule has 1 rings (SSSR count). The summed E-state index contributed by atoms with van der Waals surface area (Å²) in [7, 11) is -1.00. The molecule has 91 valence electrons. The van der Waals surface area contributed by atoms with Gasteiger partial charge in [-0.05, 0) is 6.42 Å². The fourth-order valence-electron chi connectivity index (χ4n) is 1.27. The SMILES string of the molecule is CCCC(=O)CC(=O)c1ccccc1.F[B]F. The summed E-state index contributed by atoms with van der Waals surface area (Å²) >= 11 is 0. The van der Waals surface area contributed by atoms with E-state index in [0.29, 0.717) is 12.0 Å². The largest absolute Gasteiger partial charge is 0.577 e. The molecule has 0 aliphatic heterocycles. The predicted octanol–water partition coefficient (Wildman–Crippen LogP) is 3.09. The van der Waals surface area contributed by atoms with Crippen molar-refractivity contribution in [3.05, 3.63) is 35.9 Å². The average Bonchev–Trinajstić information content (AvgIpc) is 2.31. The second-order valence-electron chi connectivity index (χ2n) is 3.34. The number of carbonyl (C=O) groups is 2. The van der Waals surface area contributed by atoms with Gasteiger partial charge in [-0.1, -0.05) is 37.3 Å². The molecule has 0 heterocycles. The summed E-state index contributed by atoms with van der Waals surface area (Å²) in [5.74, 6) is -0.0506. The Morgan fingerprint density at radius 1 is 1.18 bits per heavy atom. The van der Waals surface area contributed by atoms with Gasteiger partial charge >= 0.3 is 7.83 Å². The summed E-state index contributed by atoms with van der Waals surface area (Å²) in [6.07, 6.45) is 1.34. The molecule has 0 aliphatic rings. The molecule has 0 bridgehead atoms. The summed E-state index contributed by atoms with van der Waals surface area (Å²) in [4.78, 5) is 22.7. The molecule has 1 radical (unpaired) electrons. The van der Waals surface area contributed by atoms with Crippen LogP contribution >= 0.6 is 0 Å². The van der Waals surface area contributed by atoms with Crippen molar-refractivity contribution in [1.82, 2.24) is 0 Å². The molecule has 0 spiro atoms. The maximum atomic E-state index is 11.5. The Kier molecular flexibility index (Phi) is 8.83. The minimum atomic E-state index is -1.00. The molecule has 5 heteroatoms. The zero-order chi connectivity index (χ0) is 13.1. The van der Waals surface area contributed by atoms with Gasteiger partial charge in [0.05, 0.1) is 6.42 Å². The molecule has 0 amide bonds. The van der Waals surface area contributed by atoms with Gasteiger partial charge in [-0.2, -0.15) is 0 Å². The lowest BCUT2D eigenvalue weighted by Gasteiger charge is -1.98. The van der Waals surface area contributed by atoms with Crippen molar-refractivity contribution >= 4 is 19.4 Å². The van der Waals surface area contributed by atoms with Gasteiger partial charge in [-0.3, -0.25) is 18.2 Å². The van der Waals surface area contributed by atoms with Crippen LogP contribution < -0.4 is 0 Å². The van der Waals surface area contributed by atoms with Crippen molar-refractivity contribution in [2.24, 2.45) is 0 Å². The Morgan fingerprint density at radius 2 is 1.71 bits per heavy atom. The average molecular weight is 239 g/mol. The van der Waals surface area contributed by atoms with Gasteiger partial charge in [0.1, 0.15) is 5.78 Å². The first-order valence-electron chi connectivity index (χ1n) is 5.27. The van der Waals surface area contributed by atoms with Crippen LogP contribution in [0.25, 0.3) is 0 Å². The molecule has 0 fully saturated rings. The van der Waals surface area contributed by atoms with E-state index in [9.17, 15) is 18.2 Å². The lowest BCUT2D eigenvalue weighted by Crippen LogP contribution is -2.07. The zero-order valence-corrected chi connectivity index (χ0v) is 9.66. The fraction of sp³-hybridized carbons (Fsp3) is 0.333. The summed E-state index contributed by atoms with van der Waals surface area (Å²) in [5, 5.41) is 0. The van der Waals surface area contributed by atoms with Gasteiger partial charge in [-0.15, -0.1) is 0 Å². The summed E-state index contributed by atoms with van der Waals surface area (Å²) in [5.41, 5.74) is 0.622. The third-order valence-corrected chi connectivity index (χ3v) is 1.98. The summed E-state index contributed by atoms with van der Waals surface area (Å²) in [6.45, 7) is 1.94. The number of ketones is 2. The number of hydrogen-bond donors (Lipinski definition) is 0. The first kappa shape index (κ1) is 15.5. The van der Waals surface area contributed by atoms with Crippen molar-refractivity contribution in [3.8, 4) is 0 Å². The number of halogens is 2. The van der Waals surface area contributed by atoms with Crippen molar-refractivity contribution in [3.63, 3.8) is 0 Å². The standard InChI is InChI=1S/C12H14O2.BF2/c1-2-6-11(13)9-12(14)10-7-4-3-5-8-10;2-1-3/h3-5,7-8H,2,6,9H2,1H3;. The third-order valence-electron chi connectivity index (χ3n) is 1.98. The minimum absolute atomic E-state index is 0.0290. The van der Waals surface area contributed by atoms with E-state index >= 15 is 0 Å². The van der Waals surface area contributed by atoms with Crippen LogP contribution in [0.2, 0.25) is 0 Å². The molecule has 1 aromatic carbocycles. The van der Waals surface area contributed by atoms with Crippen molar-refractivity contribution in [2.75, 3.05) is 0 Å². The molecular formula is C12H14BF2O2. The van der Waals surface area contributed by atoms with Gasteiger partial charge in [0, 0.05) is 12.0 Å². The molecule has 0 unspecified atom stereocenters. The van der Waals surface area contributed by atoms with Crippen LogP contribution in [0.1, 0.15) is 36.5 Å². The highest BCUT2D eigenvalue weighted by atomic mass is 19.2. The van der Waals surface area contributed by atoms with Crippen LogP contribution in [0.3, 0.4) is 0 Å². The molecule has 1 aromatic rings. The molecule has 0 atom stereocenters. The number of Topliss-reactive ketones (excluding diaryl/α,β-unsaturated/α-hetero) is 2. The molecule has 0 aromatic heterocycles. The lowest BCUT2D eigenvalue weighted by atomic mass is 10.0. The molecular weight excluding hydrogens is 225 g/mol. The Balaban J connectivity index is 0.000000770. The predicted molar refractivity (Wildman–Crippen MR) is 63.3 cm³/mol. The zero-order valence-electron chi connectivity index (χ0n) is 9.66. The highest BCUT2D eigenvalue weighted by Gasteiger charge is 2.09. The van der Waals surface area contributed by atoms with E-state index in [0.717, 1.165) is 6.42 Å². The molecule has 0 aliphatic carbocycles. The maximum absolute atomic E-state index is 11.5. The minimum Gasteiger partial charge on any atom is -0.299 e. The van der Waals surface area contributed by atoms with Crippen molar-refractivity contribution in [2.45, 2.75) is 26.2 Å². The Labute approximate surface area is 100 Å². The Bertz CT molecular complexity index is 342. The van der Waals surface area contributed by atoms with Gasteiger partial charge in [0.15, 0.2) is 5.78 Å². The maximum Gasteiger partial charge on any atom is 0.577 e. The van der Waals surface area contributed by atoms with E-state index in [4.69, 9.17) is 0 Å². The Hall–Kier alpha value is -1.52. The number of benzene rings is 1. The lowest BCUT2D eigenvalue weighted by molar-refractivity contribution is -0.118. The molecule has 2 nitrogen and oxygen atoms in total. The van der Waals surface area contributed by atoms with E-state index in [2.05, 4.69) is 0 Å². The van der Waals surface area contributed by atoms with Gasteiger partial charge in [-0.25, -0.2) is 0 Å². The van der Waals surface area contributed by atoms with E-state index in [1.165, 1.54) is 0 Å². The fourth-order valence-corrected chi connectivity index (χ4v) is 1.27. The normalized spacial score (nSPS) is 8.88. The van der Waals surface area contributed by atoms with Crippen LogP contribution in [-0.4, -0.2) is 19.4 Å². The number of hydrogen-bond acceptors (Lipinski definition) is 2. The second-order valence-corrected chi connectivity index (χ2v) is 3.34.